The SMILES string of the molecule is CCN1CCOC12CCCN(C(C)(C)C)C2. The Balaban J connectivity index is 2.11. The Morgan fingerprint density at radius 2 is 2.00 bits per heavy atom. The van der Waals surface area contributed by atoms with Gasteiger partial charge in [-0.05, 0) is 46.7 Å². The van der Waals surface area contributed by atoms with E-state index < -0.39 is 0 Å². The lowest BCUT2D eigenvalue weighted by atomic mass is 9.94. The lowest BCUT2D eigenvalue weighted by molar-refractivity contribution is -0.137. The van der Waals surface area contributed by atoms with E-state index in [0.29, 0.717) is 0 Å². The van der Waals surface area contributed by atoms with Gasteiger partial charge < -0.3 is 4.74 Å². The van der Waals surface area contributed by atoms with Gasteiger partial charge in [-0.25, -0.2) is 0 Å². The number of piperidine rings is 1. The van der Waals surface area contributed by atoms with Gasteiger partial charge in [0.25, 0.3) is 0 Å². The van der Waals surface area contributed by atoms with Crippen LogP contribution in [0.4, 0.5) is 0 Å². The first-order valence-electron chi connectivity index (χ1n) is 6.62. The predicted molar refractivity (Wildman–Crippen MR) is 66.5 cm³/mol. The monoisotopic (exact) mass is 226 g/mol. The lowest BCUT2D eigenvalue weighted by Crippen LogP contribution is -2.60. The first-order valence-corrected chi connectivity index (χ1v) is 6.62. The second-order valence-electron chi connectivity index (χ2n) is 6.07. The zero-order valence-electron chi connectivity index (χ0n) is 11.3. The van der Waals surface area contributed by atoms with Crippen LogP contribution in [0, 0.1) is 0 Å². The normalized spacial score (nSPS) is 33.8. The molecular formula is C13H26N2O. The van der Waals surface area contributed by atoms with Crippen LogP contribution in [0.1, 0.15) is 40.5 Å². The van der Waals surface area contributed by atoms with Crippen LogP contribution in [0.2, 0.25) is 0 Å². The van der Waals surface area contributed by atoms with Crippen molar-refractivity contribution < 1.29 is 4.74 Å². The summed E-state index contributed by atoms with van der Waals surface area (Å²) in [6, 6.07) is 0. The van der Waals surface area contributed by atoms with Gasteiger partial charge in [-0.2, -0.15) is 0 Å². The summed E-state index contributed by atoms with van der Waals surface area (Å²) in [5, 5.41) is 0. The molecule has 0 saturated carbocycles. The average molecular weight is 226 g/mol. The van der Waals surface area contributed by atoms with Crippen molar-refractivity contribution in [2.75, 3.05) is 32.8 Å². The second-order valence-corrected chi connectivity index (χ2v) is 6.07. The molecule has 16 heavy (non-hydrogen) atoms. The molecular weight excluding hydrogens is 200 g/mol. The fraction of sp³-hybridized carbons (Fsp3) is 1.00. The topological polar surface area (TPSA) is 15.7 Å². The van der Waals surface area contributed by atoms with Crippen LogP contribution in [0.15, 0.2) is 0 Å². The summed E-state index contributed by atoms with van der Waals surface area (Å²) in [5.74, 6) is 0. The highest BCUT2D eigenvalue weighted by Crippen LogP contribution is 2.35. The molecule has 0 N–H and O–H groups in total. The van der Waals surface area contributed by atoms with E-state index in [-0.39, 0.29) is 11.3 Å². The third-order valence-electron chi connectivity index (χ3n) is 4.07. The van der Waals surface area contributed by atoms with Crippen molar-refractivity contribution in [2.24, 2.45) is 0 Å². The molecule has 2 aliphatic rings. The first-order chi connectivity index (χ1) is 7.48. The Kier molecular flexibility index (Phi) is 3.30. The molecule has 2 saturated heterocycles. The summed E-state index contributed by atoms with van der Waals surface area (Å²) in [4.78, 5) is 5.09. The van der Waals surface area contributed by atoms with Gasteiger partial charge in [0.15, 0.2) is 0 Å². The van der Waals surface area contributed by atoms with Crippen LogP contribution < -0.4 is 0 Å². The average Bonchev–Trinajstić information content (AvgIpc) is 2.59. The third-order valence-corrected chi connectivity index (χ3v) is 4.07. The molecule has 0 aliphatic carbocycles. The molecule has 3 nitrogen and oxygen atoms in total. The van der Waals surface area contributed by atoms with Crippen molar-refractivity contribution in [1.82, 2.24) is 9.80 Å². The van der Waals surface area contributed by atoms with Gasteiger partial charge >= 0.3 is 0 Å². The van der Waals surface area contributed by atoms with Gasteiger partial charge in [-0.15, -0.1) is 0 Å². The maximum atomic E-state index is 6.09. The van der Waals surface area contributed by atoms with Crippen molar-refractivity contribution in [3.63, 3.8) is 0 Å². The van der Waals surface area contributed by atoms with Gasteiger partial charge in [0.2, 0.25) is 0 Å². The van der Waals surface area contributed by atoms with Crippen LogP contribution in [0.25, 0.3) is 0 Å². The molecule has 2 fully saturated rings. The smallest absolute Gasteiger partial charge is 0.134 e. The largest absolute Gasteiger partial charge is 0.358 e. The van der Waals surface area contributed by atoms with Gasteiger partial charge in [-0.1, -0.05) is 6.92 Å². The molecule has 0 radical (unpaired) electrons. The Morgan fingerprint density at radius 3 is 2.62 bits per heavy atom. The molecule has 0 aromatic heterocycles. The summed E-state index contributed by atoms with van der Waals surface area (Å²) >= 11 is 0. The van der Waals surface area contributed by atoms with Crippen LogP contribution >= 0.6 is 0 Å². The van der Waals surface area contributed by atoms with Gasteiger partial charge in [0.05, 0.1) is 6.61 Å². The molecule has 1 unspecified atom stereocenters. The molecule has 2 heterocycles. The standard InChI is InChI=1S/C13H26N2O/c1-5-14-9-10-16-13(14)7-6-8-15(11-13)12(2,3)4/h5-11H2,1-4H3. The van der Waals surface area contributed by atoms with E-state index in [1.807, 2.05) is 0 Å². The highest BCUT2D eigenvalue weighted by molar-refractivity contribution is 4.95. The molecule has 2 aliphatic heterocycles. The molecule has 0 bridgehead atoms. The van der Waals surface area contributed by atoms with E-state index in [2.05, 4.69) is 37.5 Å². The third kappa shape index (κ3) is 2.13. The van der Waals surface area contributed by atoms with Crippen molar-refractivity contribution in [3.8, 4) is 0 Å². The fourth-order valence-corrected chi connectivity index (χ4v) is 3.04. The fourth-order valence-electron chi connectivity index (χ4n) is 3.04. The van der Waals surface area contributed by atoms with Crippen LogP contribution in [0.5, 0.6) is 0 Å². The minimum atomic E-state index is 0.0281. The number of hydrogen-bond donors (Lipinski definition) is 0. The van der Waals surface area contributed by atoms with Crippen LogP contribution in [0.3, 0.4) is 0 Å². The van der Waals surface area contributed by atoms with Crippen molar-refractivity contribution in [3.05, 3.63) is 0 Å². The zero-order chi connectivity index (χ0) is 11.8. The maximum Gasteiger partial charge on any atom is 0.134 e. The predicted octanol–water partition coefficient (Wildman–Crippen LogP) is 1.93. The molecule has 1 atom stereocenters. The Morgan fingerprint density at radius 1 is 1.25 bits per heavy atom. The number of rotatable bonds is 1. The maximum absolute atomic E-state index is 6.09. The van der Waals surface area contributed by atoms with E-state index in [0.717, 1.165) is 26.2 Å². The number of hydrogen-bond acceptors (Lipinski definition) is 3. The number of likely N-dealkylation sites (tertiary alicyclic amines) is 1. The Hall–Kier alpha value is -0.120. The Labute approximate surface area is 99.7 Å². The molecule has 2 rings (SSSR count). The van der Waals surface area contributed by atoms with Crippen molar-refractivity contribution in [2.45, 2.75) is 51.8 Å². The van der Waals surface area contributed by atoms with Crippen molar-refractivity contribution in [1.29, 1.82) is 0 Å². The zero-order valence-corrected chi connectivity index (χ0v) is 11.3. The van der Waals surface area contributed by atoms with E-state index in [9.17, 15) is 0 Å². The number of likely N-dealkylation sites (N-methyl/N-ethyl adjacent to an activating group) is 1. The summed E-state index contributed by atoms with van der Waals surface area (Å²) in [6.45, 7) is 14.6. The quantitative estimate of drug-likeness (QED) is 0.679. The van der Waals surface area contributed by atoms with Crippen LogP contribution in [-0.4, -0.2) is 53.8 Å². The molecule has 3 heteroatoms. The molecule has 0 amide bonds. The second kappa shape index (κ2) is 4.28. The molecule has 1 spiro atoms. The molecule has 0 aromatic carbocycles. The minimum absolute atomic E-state index is 0.0281. The van der Waals surface area contributed by atoms with Gasteiger partial charge in [0, 0.05) is 18.6 Å². The highest BCUT2D eigenvalue weighted by atomic mass is 16.5. The Bertz CT molecular complexity index is 249. The summed E-state index contributed by atoms with van der Waals surface area (Å²) in [5.41, 5.74) is 0.291. The van der Waals surface area contributed by atoms with Gasteiger partial charge in [-0.3, -0.25) is 9.80 Å². The van der Waals surface area contributed by atoms with E-state index in [4.69, 9.17) is 4.74 Å². The summed E-state index contributed by atoms with van der Waals surface area (Å²) < 4.78 is 6.09. The minimum Gasteiger partial charge on any atom is -0.358 e. The lowest BCUT2D eigenvalue weighted by Gasteiger charge is -2.48. The van der Waals surface area contributed by atoms with E-state index in [1.54, 1.807) is 0 Å². The van der Waals surface area contributed by atoms with E-state index in [1.165, 1.54) is 19.4 Å². The van der Waals surface area contributed by atoms with Gasteiger partial charge in [0.1, 0.15) is 5.72 Å². The highest BCUT2D eigenvalue weighted by Gasteiger charge is 2.46. The van der Waals surface area contributed by atoms with Crippen LogP contribution in [-0.2, 0) is 4.74 Å². The number of nitrogens with zero attached hydrogens (tertiary/aromatic N) is 2. The number of ether oxygens (including phenoxy) is 1. The molecule has 0 aromatic rings. The molecule has 94 valence electrons. The van der Waals surface area contributed by atoms with E-state index >= 15 is 0 Å². The first kappa shape index (κ1) is 12.3. The van der Waals surface area contributed by atoms with Crippen molar-refractivity contribution >= 4 is 0 Å². The summed E-state index contributed by atoms with van der Waals surface area (Å²) in [6.07, 6.45) is 2.46. The summed E-state index contributed by atoms with van der Waals surface area (Å²) in [7, 11) is 0.